The zero-order chi connectivity index (χ0) is 20.2. The summed E-state index contributed by atoms with van der Waals surface area (Å²) in [5.74, 6) is -0.118. The summed E-state index contributed by atoms with van der Waals surface area (Å²) < 4.78 is 6.51. The minimum atomic E-state index is -0.118. The van der Waals surface area contributed by atoms with E-state index in [1.807, 2.05) is 18.2 Å². The van der Waals surface area contributed by atoms with Gasteiger partial charge in [0.1, 0.15) is 0 Å². The lowest BCUT2D eigenvalue weighted by Crippen LogP contribution is -2.43. The Kier molecular flexibility index (Phi) is 6.72. The van der Waals surface area contributed by atoms with Crippen molar-refractivity contribution < 1.29 is 9.53 Å². The second-order valence-electron chi connectivity index (χ2n) is 6.72. The minimum absolute atomic E-state index is 0.118. The number of amides is 1. The van der Waals surface area contributed by atoms with Gasteiger partial charge in [0.25, 0.3) is 5.91 Å². The first-order valence-electron chi connectivity index (χ1n) is 9.47. The second-order valence-corrected chi connectivity index (χ2v) is 9.02. The van der Waals surface area contributed by atoms with E-state index in [1.165, 1.54) is 4.90 Å². The summed E-state index contributed by atoms with van der Waals surface area (Å²) in [6, 6.07) is 13.4. The molecule has 8 heteroatoms. The number of morpholine rings is 1. The fraction of sp³-hybridized carbons (Fsp3) is 0.333. The molecule has 1 amide bonds. The van der Waals surface area contributed by atoms with Gasteiger partial charge in [-0.25, -0.2) is 4.98 Å². The molecule has 29 heavy (non-hydrogen) atoms. The smallest absolute Gasteiger partial charge is 0.261 e. The number of rotatable bonds is 6. The van der Waals surface area contributed by atoms with E-state index < -0.39 is 0 Å². The summed E-state index contributed by atoms with van der Waals surface area (Å²) in [5.41, 5.74) is 1.41. The van der Waals surface area contributed by atoms with E-state index in [-0.39, 0.29) is 5.91 Å². The second kappa shape index (κ2) is 9.45. The Morgan fingerprint density at radius 1 is 1.28 bits per heavy atom. The zero-order valence-corrected chi connectivity index (χ0v) is 18.5. The third-order valence-corrected chi connectivity index (χ3v) is 7.00. The molecule has 1 aliphatic heterocycles. The van der Waals surface area contributed by atoms with Crippen LogP contribution in [0.5, 0.6) is 0 Å². The first-order valence-corrected chi connectivity index (χ1v) is 11.9. The number of anilines is 1. The summed E-state index contributed by atoms with van der Waals surface area (Å²) in [4.78, 5) is 23.4. The van der Waals surface area contributed by atoms with E-state index >= 15 is 0 Å². The summed E-state index contributed by atoms with van der Waals surface area (Å²) in [7, 11) is 0. The number of hydrogen-bond donors (Lipinski definition) is 0. The largest absolute Gasteiger partial charge is 0.379 e. The van der Waals surface area contributed by atoms with Gasteiger partial charge in [0.15, 0.2) is 5.13 Å². The molecular weight excluding hydrogens is 426 g/mol. The molecule has 0 bridgehead atoms. The highest BCUT2D eigenvalue weighted by molar-refractivity contribution is 7.98. The van der Waals surface area contributed by atoms with Crippen LogP contribution in [0.2, 0.25) is 5.02 Å². The van der Waals surface area contributed by atoms with E-state index in [0.717, 1.165) is 43.1 Å². The number of carbonyl (C=O) groups excluding carboxylic acids is 1. The number of nitrogens with zero attached hydrogens (tertiary/aromatic N) is 3. The highest BCUT2D eigenvalue weighted by Crippen LogP contribution is 2.33. The van der Waals surface area contributed by atoms with Crippen molar-refractivity contribution >= 4 is 56.0 Å². The Morgan fingerprint density at radius 3 is 2.83 bits per heavy atom. The summed E-state index contributed by atoms with van der Waals surface area (Å²) in [6.45, 7) is 4.55. The standard InChI is InChI=1S/C21H22ClN3O2S2/c1-28-15-6-7-18-19(14-15)29-21(23-18)25(9-8-24-10-12-27-13-11-24)20(26)16-4-2-3-5-17(16)22/h2-7,14H,8-13H2,1H3. The van der Waals surface area contributed by atoms with Gasteiger partial charge in [-0.15, -0.1) is 11.8 Å². The molecule has 1 aromatic heterocycles. The van der Waals surface area contributed by atoms with Gasteiger partial charge in [-0.3, -0.25) is 14.6 Å². The molecule has 0 unspecified atom stereocenters. The highest BCUT2D eigenvalue weighted by atomic mass is 35.5. The average molecular weight is 448 g/mol. The maximum atomic E-state index is 13.4. The summed E-state index contributed by atoms with van der Waals surface area (Å²) in [6.07, 6.45) is 2.05. The molecule has 0 radical (unpaired) electrons. The number of aromatic nitrogens is 1. The van der Waals surface area contributed by atoms with Crippen molar-refractivity contribution in [2.75, 3.05) is 50.5 Å². The van der Waals surface area contributed by atoms with Crippen LogP contribution in [0.4, 0.5) is 5.13 Å². The fourth-order valence-electron chi connectivity index (χ4n) is 3.27. The zero-order valence-electron chi connectivity index (χ0n) is 16.1. The van der Waals surface area contributed by atoms with Crippen LogP contribution >= 0.6 is 34.7 Å². The number of fused-ring (bicyclic) bond motifs is 1. The maximum Gasteiger partial charge on any atom is 0.261 e. The average Bonchev–Trinajstić information content (AvgIpc) is 3.17. The minimum Gasteiger partial charge on any atom is -0.379 e. The van der Waals surface area contributed by atoms with Crippen molar-refractivity contribution in [1.82, 2.24) is 9.88 Å². The highest BCUT2D eigenvalue weighted by Gasteiger charge is 2.24. The molecule has 3 aromatic rings. The van der Waals surface area contributed by atoms with Crippen LogP contribution in [0.25, 0.3) is 10.2 Å². The predicted octanol–water partition coefficient (Wildman–Crippen LogP) is 4.65. The van der Waals surface area contributed by atoms with Crippen LogP contribution in [0.1, 0.15) is 10.4 Å². The first-order chi connectivity index (χ1) is 14.2. The lowest BCUT2D eigenvalue weighted by atomic mass is 10.2. The number of hydrogen-bond acceptors (Lipinski definition) is 6. The Morgan fingerprint density at radius 2 is 2.07 bits per heavy atom. The molecule has 1 fully saturated rings. The topological polar surface area (TPSA) is 45.7 Å². The Balaban J connectivity index is 1.65. The van der Waals surface area contributed by atoms with Gasteiger partial charge in [0, 0.05) is 31.1 Å². The lowest BCUT2D eigenvalue weighted by Gasteiger charge is -2.29. The van der Waals surface area contributed by atoms with Crippen LogP contribution in [-0.4, -0.2) is 61.4 Å². The monoisotopic (exact) mass is 447 g/mol. The number of ether oxygens (including phenoxy) is 1. The molecule has 1 aliphatic rings. The van der Waals surface area contributed by atoms with Crippen molar-refractivity contribution in [3.05, 3.63) is 53.1 Å². The third-order valence-electron chi connectivity index (χ3n) is 4.91. The third kappa shape index (κ3) is 4.75. The van der Waals surface area contributed by atoms with Gasteiger partial charge in [-0.05, 0) is 36.6 Å². The summed E-state index contributed by atoms with van der Waals surface area (Å²) >= 11 is 9.57. The SMILES string of the molecule is CSc1ccc2nc(N(CCN3CCOCC3)C(=O)c3ccccc3Cl)sc2c1. The van der Waals surface area contributed by atoms with Gasteiger partial charge in [0.05, 0.1) is 34.0 Å². The van der Waals surface area contributed by atoms with Gasteiger partial charge in [0.2, 0.25) is 0 Å². The molecule has 0 spiro atoms. The summed E-state index contributed by atoms with van der Waals surface area (Å²) in [5, 5.41) is 1.16. The number of thiazole rings is 1. The first kappa shape index (κ1) is 20.6. The molecule has 1 saturated heterocycles. The van der Waals surface area contributed by atoms with Gasteiger partial charge < -0.3 is 4.74 Å². The molecule has 0 saturated carbocycles. The Bertz CT molecular complexity index is 1000. The van der Waals surface area contributed by atoms with Crippen molar-refractivity contribution in [2.24, 2.45) is 0 Å². The van der Waals surface area contributed by atoms with Crippen molar-refractivity contribution in [3.63, 3.8) is 0 Å². The molecule has 5 nitrogen and oxygen atoms in total. The van der Waals surface area contributed by atoms with Gasteiger partial charge in [-0.2, -0.15) is 0 Å². The van der Waals surface area contributed by atoms with E-state index in [1.54, 1.807) is 40.1 Å². The van der Waals surface area contributed by atoms with Gasteiger partial charge >= 0.3 is 0 Å². The maximum absolute atomic E-state index is 13.4. The van der Waals surface area contributed by atoms with Crippen LogP contribution in [0.3, 0.4) is 0 Å². The van der Waals surface area contributed by atoms with Crippen molar-refractivity contribution in [3.8, 4) is 0 Å². The van der Waals surface area contributed by atoms with Crippen LogP contribution < -0.4 is 4.90 Å². The predicted molar refractivity (Wildman–Crippen MR) is 122 cm³/mol. The lowest BCUT2D eigenvalue weighted by molar-refractivity contribution is 0.0391. The van der Waals surface area contributed by atoms with Crippen LogP contribution in [0.15, 0.2) is 47.4 Å². The van der Waals surface area contributed by atoms with Crippen molar-refractivity contribution in [1.29, 1.82) is 0 Å². The number of halogens is 1. The van der Waals surface area contributed by atoms with Crippen molar-refractivity contribution in [2.45, 2.75) is 4.90 Å². The number of carbonyl (C=O) groups is 1. The van der Waals surface area contributed by atoms with E-state index in [4.69, 9.17) is 21.3 Å². The Labute approximate surface area is 183 Å². The molecule has 0 atom stereocenters. The van der Waals surface area contributed by atoms with Crippen LogP contribution in [0, 0.1) is 0 Å². The quantitative estimate of drug-likeness (QED) is 0.514. The number of benzene rings is 2. The van der Waals surface area contributed by atoms with E-state index in [9.17, 15) is 4.79 Å². The molecule has 0 N–H and O–H groups in total. The molecular formula is C21H22ClN3O2S2. The van der Waals surface area contributed by atoms with Gasteiger partial charge in [-0.1, -0.05) is 35.1 Å². The molecule has 2 aromatic carbocycles. The van der Waals surface area contributed by atoms with E-state index in [2.05, 4.69) is 23.3 Å². The molecule has 152 valence electrons. The Hall–Kier alpha value is -1.64. The fourth-order valence-corrected chi connectivity index (χ4v) is 5.03. The molecule has 2 heterocycles. The molecule has 0 aliphatic carbocycles. The van der Waals surface area contributed by atoms with E-state index in [0.29, 0.717) is 22.3 Å². The normalized spacial score (nSPS) is 15.0. The number of thioether (sulfide) groups is 1. The van der Waals surface area contributed by atoms with Crippen LogP contribution in [-0.2, 0) is 4.74 Å². The molecule has 4 rings (SSSR count).